The van der Waals surface area contributed by atoms with Crippen LogP contribution in [0.25, 0.3) is 0 Å². The standard InChI is InChI=1S/C15H21N/c1-9-4-5-12-7-11(3)15(13(12)6-9)16-14-8-10(14)2/h4-6,10-11,14-16H,7-8H2,1-3H3. The molecule has 0 amide bonds. The van der Waals surface area contributed by atoms with Gasteiger partial charge in [-0.05, 0) is 42.7 Å². The molecule has 1 N–H and O–H groups in total. The summed E-state index contributed by atoms with van der Waals surface area (Å²) in [5.41, 5.74) is 4.51. The van der Waals surface area contributed by atoms with Gasteiger partial charge in [0.05, 0.1) is 0 Å². The molecule has 0 aromatic heterocycles. The number of benzene rings is 1. The van der Waals surface area contributed by atoms with E-state index in [1.807, 2.05) is 0 Å². The second kappa shape index (κ2) is 3.59. The van der Waals surface area contributed by atoms with Crippen LogP contribution in [0.1, 0.15) is 43.0 Å². The van der Waals surface area contributed by atoms with Gasteiger partial charge in [0, 0.05) is 12.1 Å². The summed E-state index contributed by atoms with van der Waals surface area (Å²) in [7, 11) is 0. The Bertz CT molecular complexity index is 410. The molecule has 0 aliphatic heterocycles. The maximum atomic E-state index is 3.84. The molecule has 0 radical (unpaired) electrons. The van der Waals surface area contributed by atoms with E-state index in [4.69, 9.17) is 0 Å². The Morgan fingerprint density at radius 2 is 1.94 bits per heavy atom. The van der Waals surface area contributed by atoms with Crippen molar-refractivity contribution in [1.82, 2.24) is 5.32 Å². The molecule has 3 rings (SSSR count). The Morgan fingerprint density at radius 3 is 2.62 bits per heavy atom. The average Bonchev–Trinajstić information content (AvgIpc) is 2.84. The van der Waals surface area contributed by atoms with Crippen molar-refractivity contribution in [2.75, 3.05) is 0 Å². The molecular formula is C15H21N. The van der Waals surface area contributed by atoms with Crippen LogP contribution in [0, 0.1) is 18.8 Å². The summed E-state index contributed by atoms with van der Waals surface area (Å²) in [4.78, 5) is 0. The van der Waals surface area contributed by atoms with Crippen molar-refractivity contribution in [3.63, 3.8) is 0 Å². The Morgan fingerprint density at radius 1 is 1.19 bits per heavy atom. The van der Waals surface area contributed by atoms with Gasteiger partial charge >= 0.3 is 0 Å². The van der Waals surface area contributed by atoms with Crippen LogP contribution >= 0.6 is 0 Å². The lowest BCUT2D eigenvalue weighted by Gasteiger charge is -2.19. The molecule has 2 aliphatic rings. The Kier molecular flexibility index (Phi) is 2.32. The lowest BCUT2D eigenvalue weighted by molar-refractivity contribution is 0.407. The van der Waals surface area contributed by atoms with Crippen molar-refractivity contribution in [3.05, 3.63) is 34.9 Å². The highest BCUT2D eigenvalue weighted by Gasteiger charge is 2.38. The molecule has 4 atom stereocenters. The minimum Gasteiger partial charge on any atom is -0.307 e. The quantitative estimate of drug-likeness (QED) is 0.798. The molecule has 86 valence electrons. The lowest BCUT2D eigenvalue weighted by Crippen LogP contribution is -2.26. The zero-order chi connectivity index (χ0) is 11.3. The van der Waals surface area contributed by atoms with Crippen molar-refractivity contribution < 1.29 is 0 Å². The van der Waals surface area contributed by atoms with Crippen molar-refractivity contribution >= 4 is 0 Å². The third kappa shape index (κ3) is 1.67. The number of fused-ring (bicyclic) bond motifs is 1. The number of hydrogen-bond donors (Lipinski definition) is 1. The molecule has 0 bridgehead atoms. The van der Waals surface area contributed by atoms with Crippen molar-refractivity contribution in [3.8, 4) is 0 Å². The van der Waals surface area contributed by atoms with E-state index in [1.54, 1.807) is 11.1 Å². The number of rotatable bonds is 2. The first-order valence-corrected chi connectivity index (χ1v) is 6.50. The van der Waals surface area contributed by atoms with E-state index in [-0.39, 0.29) is 0 Å². The van der Waals surface area contributed by atoms with Gasteiger partial charge < -0.3 is 5.32 Å². The minimum atomic E-state index is 0.602. The minimum absolute atomic E-state index is 0.602. The highest BCUT2D eigenvalue weighted by atomic mass is 15.0. The summed E-state index contributed by atoms with van der Waals surface area (Å²) < 4.78 is 0. The third-order valence-corrected chi connectivity index (χ3v) is 4.25. The molecule has 0 heterocycles. The van der Waals surface area contributed by atoms with Crippen LogP contribution in [0.2, 0.25) is 0 Å². The van der Waals surface area contributed by atoms with Gasteiger partial charge in [0.2, 0.25) is 0 Å². The number of aryl methyl sites for hydroxylation is 1. The molecular weight excluding hydrogens is 194 g/mol. The number of hydrogen-bond acceptors (Lipinski definition) is 1. The average molecular weight is 215 g/mol. The molecule has 0 saturated heterocycles. The smallest absolute Gasteiger partial charge is 0.0354 e. The fourth-order valence-corrected chi connectivity index (χ4v) is 3.00. The van der Waals surface area contributed by atoms with Crippen LogP contribution in [0.3, 0.4) is 0 Å². The SMILES string of the molecule is Cc1ccc2c(c1)C(NC1CC1C)C(C)C2. The van der Waals surface area contributed by atoms with Crippen LogP contribution in [-0.4, -0.2) is 6.04 Å². The monoisotopic (exact) mass is 215 g/mol. The highest BCUT2D eigenvalue weighted by molar-refractivity contribution is 5.38. The molecule has 2 aliphatic carbocycles. The first-order valence-electron chi connectivity index (χ1n) is 6.50. The van der Waals surface area contributed by atoms with Crippen LogP contribution in [0.4, 0.5) is 0 Å². The molecule has 1 aromatic rings. The Labute approximate surface area is 98.3 Å². The second-order valence-corrected chi connectivity index (χ2v) is 5.85. The van der Waals surface area contributed by atoms with Crippen molar-refractivity contribution in [2.45, 2.75) is 45.7 Å². The molecule has 1 aromatic carbocycles. The Hall–Kier alpha value is -0.820. The van der Waals surface area contributed by atoms with E-state index >= 15 is 0 Å². The molecule has 1 heteroatoms. The van der Waals surface area contributed by atoms with Gasteiger partial charge in [-0.2, -0.15) is 0 Å². The van der Waals surface area contributed by atoms with Crippen LogP contribution < -0.4 is 5.32 Å². The topological polar surface area (TPSA) is 12.0 Å². The maximum absolute atomic E-state index is 3.84. The normalized spacial score (nSPS) is 36.2. The van der Waals surface area contributed by atoms with Crippen molar-refractivity contribution in [1.29, 1.82) is 0 Å². The van der Waals surface area contributed by atoms with E-state index in [0.717, 1.165) is 17.9 Å². The van der Waals surface area contributed by atoms with Crippen LogP contribution in [-0.2, 0) is 6.42 Å². The van der Waals surface area contributed by atoms with E-state index in [2.05, 4.69) is 44.3 Å². The van der Waals surface area contributed by atoms with Gasteiger partial charge in [-0.1, -0.05) is 37.6 Å². The summed E-state index contributed by atoms with van der Waals surface area (Å²) >= 11 is 0. The molecule has 0 spiro atoms. The van der Waals surface area contributed by atoms with Crippen molar-refractivity contribution in [2.24, 2.45) is 11.8 Å². The zero-order valence-electron chi connectivity index (χ0n) is 10.5. The van der Waals surface area contributed by atoms with Gasteiger partial charge in [-0.25, -0.2) is 0 Å². The summed E-state index contributed by atoms with van der Waals surface area (Å²) in [6.07, 6.45) is 2.61. The predicted octanol–water partition coefficient (Wildman–Crippen LogP) is 3.23. The van der Waals surface area contributed by atoms with Gasteiger partial charge in [0.15, 0.2) is 0 Å². The van der Waals surface area contributed by atoms with Gasteiger partial charge in [0.1, 0.15) is 0 Å². The first-order chi connectivity index (χ1) is 7.65. The van der Waals surface area contributed by atoms with E-state index in [9.17, 15) is 0 Å². The van der Waals surface area contributed by atoms with Gasteiger partial charge in [-0.3, -0.25) is 0 Å². The molecule has 1 nitrogen and oxygen atoms in total. The van der Waals surface area contributed by atoms with E-state index in [1.165, 1.54) is 18.4 Å². The highest BCUT2D eigenvalue weighted by Crippen LogP contribution is 2.40. The summed E-state index contributed by atoms with van der Waals surface area (Å²) in [6, 6.07) is 8.32. The maximum Gasteiger partial charge on any atom is 0.0354 e. The fourth-order valence-electron chi connectivity index (χ4n) is 3.00. The third-order valence-electron chi connectivity index (χ3n) is 4.25. The zero-order valence-corrected chi connectivity index (χ0v) is 10.5. The molecule has 1 saturated carbocycles. The Balaban J connectivity index is 1.86. The lowest BCUT2D eigenvalue weighted by atomic mass is 10.0. The number of nitrogens with one attached hydrogen (secondary N) is 1. The van der Waals surface area contributed by atoms with Gasteiger partial charge in [-0.15, -0.1) is 0 Å². The van der Waals surface area contributed by atoms with E-state index in [0.29, 0.717) is 6.04 Å². The second-order valence-electron chi connectivity index (χ2n) is 5.85. The van der Waals surface area contributed by atoms with E-state index < -0.39 is 0 Å². The fraction of sp³-hybridized carbons (Fsp3) is 0.600. The summed E-state index contributed by atoms with van der Waals surface area (Å²) in [5.74, 6) is 1.64. The molecule has 16 heavy (non-hydrogen) atoms. The summed E-state index contributed by atoms with van der Waals surface area (Å²) in [5, 5.41) is 3.84. The van der Waals surface area contributed by atoms with Crippen LogP contribution in [0.15, 0.2) is 18.2 Å². The largest absolute Gasteiger partial charge is 0.307 e. The van der Waals surface area contributed by atoms with Crippen LogP contribution in [0.5, 0.6) is 0 Å². The summed E-state index contributed by atoms with van der Waals surface area (Å²) in [6.45, 7) is 6.91. The van der Waals surface area contributed by atoms with Gasteiger partial charge in [0.25, 0.3) is 0 Å². The first kappa shape index (κ1) is 10.3. The molecule has 1 fully saturated rings. The predicted molar refractivity (Wildman–Crippen MR) is 67.5 cm³/mol. The molecule has 4 unspecified atom stereocenters.